The number of rotatable bonds is 5. The molecule has 0 bridgehead atoms. The van der Waals surface area contributed by atoms with Crippen LogP contribution in [0.1, 0.15) is 0 Å². The first-order valence-corrected chi connectivity index (χ1v) is 13.4. The van der Waals surface area contributed by atoms with E-state index >= 15 is 0 Å². The van der Waals surface area contributed by atoms with Crippen molar-refractivity contribution in [2.75, 3.05) is 0 Å². The zero-order valence-electron chi connectivity index (χ0n) is 22.0. The highest BCUT2D eigenvalue weighted by Crippen LogP contribution is 2.30. The van der Waals surface area contributed by atoms with Crippen molar-refractivity contribution in [2.24, 2.45) is 0 Å². The van der Waals surface area contributed by atoms with Gasteiger partial charge in [-0.1, -0.05) is 48.5 Å². The van der Waals surface area contributed by atoms with Crippen molar-refractivity contribution in [3.05, 3.63) is 122 Å². The van der Waals surface area contributed by atoms with Crippen molar-refractivity contribution in [1.82, 2.24) is 29.9 Å². The van der Waals surface area contributed by atoms with E-state index in [-0.39, 0.29) is 0 Å². The second-order valence-corrected chi connectivity index (χ2v) is 9.67. The van der Waals surface area contributed by atoms with E-state index in [1.54, 1.807) is 12.4 Å². The Balaban J connectivity index is 1.17. The number of hydrogen-bond donors (Lipinski definition) is 0. The molecule has 0 N–H and O–H groups in total. The zero-order chi connectivity index (χ0) is 27.9. The number of para-hydroxylation sites is 4. The van der Waals surface area contributed by atoms with Crippen molar-refractivity contribution in [1.29, 1.82) is 0 Å². The molecule has 42 heavy (non-hydrogen) atoms. The van der Waals surface area contributed by atoms with E-state index in [1.807, 2.05) is 109 Å². The fraction of sp³-hybridized carbons (Fsp3) is 0. The summed E-state index contributed by atoms with van der Waals surface area (Å²) in [6.07, 6.45) is 3.45. The fourth-order valence-electron chi connectivity index (χ4n) is 4.78. The molecular formula is C34H20N6O2. The number of oxazole rings is 2. The van der Waals surface area contributed by atoms with E-state index in [0.29, 0.717) is 29.3 Å². The van der Waals surface area contributed by atoms with Crippen molar-refractivity contribution >= 4 is 22.2 Å². The molecule has 0 aliphatic heterocycles. The quantitative estimate of drug-likeness (QED) is 0.215. The molecular weight excluding hydrogens is 524 g/mol. The van der Waals surface area contributed by atoms with Crippen LogP contribution in [0.4, 0.5) is 0 Å². The van der Waals surface area contributed by atoms with Crippen molar-refractivity contribution in [3.63, 3.8) is 0 Å². The van der Waals surface area contributed by atoms with Crippen molar-refractivity contribution in [2.45, 2.75) is 0 Å². The van der Waals surface area contributed by atoms with Crippen LogP contribution >= 0.6 is 0 Å². The van der Waals surface area contributed by atoms with Crippen LogP contribution < -0.4 is 0 Å². The van der Waals surface area contributed by atoms with Gasteiger partial charge in [-0.05, 0) is 60.7 Å². The number of nitrogens with zero attached hydrogens (tertiary/aromatic N) is 6. The van der Waals surface area contributed by atoms with E-state index < -0.39 is 0 Å². The maximum absolute atomic E-state index is 5.94. The van der Waals surface area contributed by atoms with E-state index in [1.165, 1.54) is 0 Å². The van der Waals surface area contributed by atoms with Gasteiger partial charge in [0.05, 0.1) is 0 Å². The molecule has 8 rings (SSSR count). The Morgan fingerprint density at radius 1 is 0.357 bits per heavy atom. The van der Waals surface area contributed by atoms with E-state index in [2.05, 4.69) is 15.0 Å². The van der Waals surface area contributed by atoms with Gasteiger partial charge in [0.15, 0.2) is 28.6 Å². The fourth-order valence-corrected chi connectivity index (χ4v) is 4.78. The standard InChI is InChI=1S/C34H20N6O2/c1-3-7-28-26(5-1)36-33(41-28)24-13-9-21(10-14-24)30-38-31(40-32(39-30)23-17-19-35-20-18-23)22-11-15-25(16-12-22)34-37-27-6-2-4-8-29(27)42-34/h1-20H. The van der Waals surface area contributed by atoms with Crippen LogP contribution in [0.5, 0.6) is 0 Å². The maximum atomic E-state index is 5.94. The average Bonchev–Trinajstić information content (AvgIpc) is 3.70. The Kier molecular flexibility index (Phi) is 5.60. The normalized spacial score (nSPS) is 11.3. The molecule has 4 heterocycles. The zero-order valence-corrected chi connectivity index (χ0v) is 22.0. The molecule has 198 valence electrons. The number of hydrogen-bond acceptors (Lipinski definition) is 8. The molecule has 0 amide bonds. The lowest BCUT2D eigenvalue weighted by atomic mass is 10.1. The van der Waals surface area contributed by atoms with Crippen LogP contribution in [0.3, 0.4) is 0 Å². The highest BCUT2D eigenvalue weighted by molar-refractivity contribution is 5.78. The minimum absolute atomic E-state index is 0.555. The first-order valence-electron chi connectivity index (χ1n) is 13.4. The number of pyridine rings is 1. The summed E-state index contributed by atoms with van der Waals surface area (Å²) in [6.45, 7) is 0. The molecule has 0 saturated carbocycles. The highest BCUT2D eigenvalue weighted by Gasteiger charge is 2.15. The summed E-state index contributed by atoms with van der Waals surface area (Å²) in [5, 5.41) is 0. The first kappa shape index (κ1) is 23.8. The van der Waals surface area contributed by atoms with Crippen LogP contribution in [0, 0.1) is 0 Å². The predicted molar refractivity (Wildman–Crippen MR) is 160 cm³/mol. The van der Waals surface area contributed by atoms with E-state index in [4.69, 9.17) is 23.8 Å². The Bertz CT molecular complexity index is 1990. The van der Waals surface area contributed by atoms with Crippen LogP contribution in [-0.4, -0.2) is 29.9 Å². The van der Waals surface area contributed by atoms with E-state index in [9.17, 15) is 0 Å². The third-order valence-corrected chi connectivity index (χ3v) is 6.94. The van der Waals surface area contributed by atoms with Crippen LogP contribution in [0.25, 0.3) is 79.3 Å². The summed E-state index contributed by atoms with van der Waals surface area (Å²) in [5.41, 5.74) is 7.42. The summed E-state index contributed by atoms with van der Waals surface area (Å²) in [7, 11) is 0. The Hall–Kier alpha value is -6.02. The molecule has 8 aromatic rings. The van der Waals surface area contributed by atoms with E-state index in [0.717, 1.165) is 50.0 Å². The molecule has 0 fully saturated rings. The van der Waals surface area contributed by atoms with Gasteiger partial charge in [0, 0.05) is 40.2 Å². The molecule has 4 aromatic carbocycles. The van der Waals surface area contributed by atoms with Gasteiger partial charge in [-0.2, -0.15) is 0 Å². The topological polar surface area (TPSA) is 104 Å². The van der Waals surface area contributed by atoms with Crippen molar-refractivity contribution < 1.29 is 8.83 Å². The van der Waals surface area contributed by atoms with Gasteiger partial charge >= 0.3 is 0 Å². The van der Waals surface area contributed by atoms with Gasteiger partial charge in [-0.25, -0.2) is 24.9 Å². The lowest BCUT2D eigenvalue weighted by Gasteiger charge is -2.09. The average molecular weight is 545 g/mol. The minimum atomic E-state index is 0.555. The molecule has 0 saturated heterocycles. The molecule has 0 aliphatic rings. The highest BCUT2D eigenvalue weighted by atomic mass is 16.4. The van der Waals surface area contributed by atoms with Gasteiger partial charge in [-0.15, -0.1) is 0 Å². The lowest BCUT2D eigenvalue weighted by molar-refractivity contribution is 0.619. The molecule has 0 unspecified atom stereocenters. The van der Waals surface area contributed by atoms with Gasteiger partial charge in [0.1, 0.15) is 11.0 Å². The first-order chi connectivity index (χ1) is 20.8. The maximum Gasteiger partial charge on any atom is 0.227 e. The Morgan fingerprint density at radius 3 is 1.17 bits per heavy atom. The number of aromatic nitrogens is 6. The van der Waals surface area contributed by atoms with Gasteiger partial charge in [0.25, 0.3) is 0 Å². The summed E-state index contributed by atoms with van der Waals surface area (Å²) in [5.74, 6) is 2.80. The molecule has 8 nitrogen and oxygen atoms in total. The molecule has 4 aromatic heterocycles. The van der Waals surface area contributed by atoms with Gasteiger partial charge in [0.2, 0.25) is 11.8 Å². The smallest absolute Gasteiger partial charge is 0.227 e. The molecule has 0 aliphatic carbocycles. The monoisotopic (exact) mass is 544 g/mol. The van der Waals surface area contributed by atoms with Crippen LogP contribution in [0.15, 0.2) is 130 Å². The SMILES string of the molecule is c1ccc2oc(-c3ccc(-c4nc(-c5ccncc5)nc(-c5ccc(-c6nc7ccccc7o6)cc5)n4)cc3)nc2c1. The summed E-state index contributed by atoms with van der Waals surface area (Å²) >= 11 is 0. The lowest BCUT2D eigenvalue weighted by Crippen LogP contribution is -2.00. The summed E-state index contributed by atoms with van der Waals surface area (Å²) in [6, 6.07) is 34.9. The second-order valence-electron chi connectivity index (χ2n) is 9.67. The van der Waals surface area contributed by atoms with Crippen LogP contribution in [-0.2, 0) is 0 Å². The van der Waals surface area contributed by atoms with Gasteiger partial charge in [-0.3, -0.25) is 4.98 Å². The third kappa shape index (κ3) is 4.37. The largest absolute Gasteiger partial charge is 0.436 e. The third-order valence-electron chi connectivity index (χ3n) is 6.94. The second kappa shape index (κ2) is 9.87. The Morgan fingerprint density at radius 2 is 0.738 bits per heavy atom. The number of benzene rings is 4. The van der Waals surface area contributed by atoms with Crippen molar-refractivity contribution in [3.8, 4) is 57.1 Å². The van der Waals surface area contributed by atoms with Gasteiger partial charge < -0.3 is 8.83 Å². The predicted octanol–water partition coefficient (Wildman–Crippen LogP) is 7.88. The van der Waals surface area contributed by atoms with Crippen LogP contribution in [0.2, 0.25) is 0 Å². The molecule has 8 heteroatoms. The molecule has 0 spiro atoms. The summed E-state index contributed by atoms with van der Waals surface area (Å²) in [4.78, 5) is 27.8. The minimum Gasteiger partial charge on any atom is -0.436 e. The molecule has 0 atom stereocenters. The number of fused-ring (bicyclic) bond motifs is 2. The molecule has 0 radical (unpaired) electrons. The summed E-state index contributed by atoms with van der Waals surface area (Å²) < 4.78 is 11.9. The Labute approximate surface area is 239 Å².